The van der Waals surface area contributed by atoms with Crippen molar-refractivity contribution in [2.75, 3.05) is 13.1 Å². The Morgan fingerprint density at radius 1 is 1.53 bits per heavy atom. The largest absolute Gasteiger partial charge is 0.388 e. The topological polar surface area (TPSA) is 45.1 Å². The highest BCUT2D eigenvalue weighted by Gasteiger charge is 2.29. The van der Waals surface area contributed by atoms with Crippen molar-refractivity contribution in [3.05, 3.63) is 29.6 Å². The van der Waals surface area contributed by atoms with Crippen LogP contribution in [0.25, 0.3) is 0 Å². The number of β-amino-alcohol motifs (C(OH)–C–C–N with tert-alkyl or cyclic N) is 1. The first kappa shape index (κ1) is 10.6. The molecule has 0 radical (unpaired) electrons. The van der Waals surface area contributed by atoms with E-state index in [2.05, 4.69) is 16.4 Å². The Labute approximate surface area is 90.5 Å². The standard InChI is InChI=1S/C12H18N2O/c1-10-3-4-11(8-14-10)7-12(15)5-2-6-13-9-12/h3-4,8,13,15H,2,5-7,9H2,1H3. The third-order valence-corrected chi connectivity index (χ3v) is 2.96. The van der Waals surface area contributed by atoms with Crippen LogP contribution in [0, 0.1) is 6.92 Å². The lowest BCUT2D eigenvalue weighted by Gasteiger charge is -2.32. The van der Waals surface area contributed by atoms with E-state index >= 15 is 0 Å². The average Bonchev–Trinajstić information content (AvgIpc) is 2.22. The molecule has 1 saturated heterocycles. The molecule has 0 aliphatic carbocycles. The monoisotopic (exact) mass is 206 g/mol. The Balaban J connectivity index is 2.03. The van der Waals surface area contributed by atoms with Gasteiger partial charge in [0.05, 0.1) is 5.60 Å². The molecule has 0 spiro atoms. The summed E-state index contributed by atoms with van der Waals surface area (Å²) < 4.78 is 0. The van der Waals surface area contributed by atoms with Crippen molar-refractivity contribution in [3.8, 4) is 0 Å². The maximum absolute atomic E-state index is 10.3. The van der Waals surface area contributed by atoms with Crippen LogP contribution in [0.4, 0.5) is 0 Å². The molecule has 3 heteroatoms. The first-order valence-corrected chi connectivity index (χ1v) is 5.53. The molecule has 1 aliphatic heterocycles. The molecule has 0 aromatic carbocycles. The van der Waals surface area contributed by atoms with E-state index in [9.17, 15) is 5.11 Å². The summed E-state index contributed by atoms with van der Waals surface area (Å²) in [5, 5.41) is 13.5. The van der Waals surface area contributed by atoms with Gasteiger partial charge in [0.15, 0.2) is 0 Å². The fraction of sp³-hybridized carbons (Fsp3) is 0.583. The number of piperidine rings is 1. The molecule has 3 nitrogen and oxygen atoms in total. The summed E-state index contributed by atoms with van der Waals surface area (Å²) in [5.41, 5.74) is 1.56. The van der Waals surface area contributed by atoms with Gasteiger partial charge >= 0.3 is 0 Å². The third kappa shape index (κ3) is 2.76. The smallest absolute Gasteiger partial charge is 0.0812 e. The quantitative estimate of drug-likeness (QED) is 0.760. The van der Waals surface area contributed by atoms with Crippen LogP contribution in [0.3, 0.4) is 0 Å². The van der Waals surface area contributed by atoms with Gasteiger partial charge in [-0.15, -0.1) is 0 Å². The van der Waals surface area contributed by atoms with Crippen LogP contribution in [0.1, 0.15) is 24.1 Å². The van der Waals surface area contributed by atoms with E-state index in [1.54, 1.807) is 0 Å². The second-order valence-corrected chi connectivity index (χ2v) is 4.49. The minimum Gasteiger partial charge on any atom is -0.388 e. The van der Waals surface area contributed by atoms with E-state index in [1.165, 1.54) is 0 Å². The van der Waals surface area contributed by atoms with E-state index in [-0.39, 0.29) is 0 Å². The van der Waals surface area contributed by atoms with Gasteiger partial charge in [0, 0.05) is 24.9 Å². The molecule has 0 saturated carbocycles. The van der Waals surface area contributed by atoms with Crippen LogP contribution in [0.5, 0.6) is 0 Å². The summed E-state index contributed by atoms with van der Waals surface area (Å²) in [6.45, 7) is 3.69. The van der Waals surface area contributed by atoms with Gasteiger partial charge in [0.2, 0.25) is 0 Å². The van der Waals surface area contributed by atoms with Crippen LogP contribution >= 0.6 is 0 Å². The lowest BCUT2D eigenvalue weighted by atomic mass is 9.88. The number of aromatic nitrogens is 1. The van der Waals surface area contributed by atoms with Gasteiger partial charge in [-0.1, -0.05) is 6.07 Å². The van der Waals surface area contributed by atoms with Crippen molar-refractivity contribution in [3.63, 3.8) is 0 Å². The van der Waals surface area contributed by atoms with E-state index in [0.717, 1.165) is 30.6 Å². The van der Waals surface area contributed by atoms with Crippen LogP contribution < -0.4 is 5.32 Å². The SMILES string of the molecule is Cc1ccc(CC2(O)CCCNC2)cn1. The second-order valence-electron chi connectivity index (χ2n) is 4.49. The molecular weight excluding hydrogens is 188 g/mol. The van der Waals surface area contributed by atoms with Gasteiger partial charge in [-0.05, 0) is 37.9 Å². The first-order chi connectivity index (χ1) is 7.18. The van der Waals surface area contributed by atoms with Gasteiger partial charge < -0.3 is 10.4 Å². The second kappa shape index (κ2) is 4.29. The van der Waals surface area contributed by atoms with Gasteiger partial charge in [-0.3, -0.25) is 4.98 Å². The molecular formula is C12H18N2O. The zero-order valence-corrected chi connectivity index (χ0v) is 9.16. The number of hydrogen-bond acceptors (Lipinski definition) is 3. The molecule has 2 N–H and O–H groups in total. The summed E-state index contributed by atoms with van der Waals surface area (Å²) in [6, 6.07) is 4.05. The number of nitrogens with one attached hydrogen (secondary N) is 1. The van der Waals surface area contributed by atoms with Crippen molar-refractivity contribution in [2.24, 2.45) is 0 Å². The molecule has 2 rings (SSSR count). The highest BCUT2D eigenvalue weighted by Crippen LogP contribution is 2.20. The Morgan fingerprint density at radius 2 is 2.40 bits per heavy atom. The summed E-state index contributed by atoms with van der Waals surface area (Å²) in [7, 11) is 0. The van der Waals surface area contributed by atoms with E-state index in [1.807, 2.05) is 19.2 Å². The molecule has 1 fully saturated rings. The zero-order chi connectivity index (χ0) is 10.7. The normalized spacial score (nSPS) is 26.5. The highest BCUT2D eigenvalue weighted by molar-refractivity contribution is 5.16. The van der Waals surface area contributed by atoms with Crippen LogP contribution in [-0.2, 0) is 6.42 Å². The highest BCUT2D eigenvalue weighted by atomic mass is 16.3. The Kier molecular flexibility index (Phi) is 3.03. The molecule has 1 aromatic rings. The Hall–Kier alpha value is -0.930. The molecule has 82 valence electrons. The Bertz CT molecular complexity index is 315. The molecule has 0 amide bonds. The first-order valence-electron chi connectivity index (χ1n) is 5.53. The van der Waals surface area contributed by atoms with Gasteiger partial charge in [0.1, 0.15) is 0 Å². The summed E-state index contributed by atoms with van der Waals surface area (Å²) in [4.78, 5) is 4.24. The van der Waals surface area contributed by atoms with E-state index in [4.69, 9.17) is 0 Å². The van der Waals surface area contributed by atoms with Crippen LogP contribution in [-0.4, -0.2) is 28.8 Å². The number of rotatable bonds is 2. The van der Waals surface area contributed by atoms with Crippen LogP contribution in [0.15, 0.2) is 18.3 Å². The number of nitrogens with zero attached hydrogens (tertiary/aromatic N) is 1. The van der Waals surface area contributed by atoms with Crippen LogP contribution in [0.2, 0.25) is 0 Å². The van der Waals surface area contributed by atoms with Gasteiger partial charge in [0.25, 0.3) is 0 Å². The van der Waals surface area contributed by atoms with E-state index < -0.39 is 5.60 Å². The van der Waals surface area contributed by atoms with Gasteiger partial charge in [-0.25, -0.2) is 0 Å². The molecule has 1 aliphatic rings. The molecule has 15 heavy (non-hydrogen) atoms. The fourth-order valence-corrected chi connectivity index (χ4v) is 2.09. The van der Waals surface area contributed by atoms with Crippen molar-refractivity contribution in [2.45, 2.75) is 31.8 Å². The predicted molar refractivity (Wildman–Crippen MR) is 59.7 cm³/mol. The van der Waals surface area contributed by atoms with E-state index in [0.29, 0.717) is 13.0 Å². The minimum absolute atomic E-state index is 0.574. The number of pyridine rings is 1. The van der Waals surface area contributed by atoms with Gasteiger partial charge in [-0.2, -0.15) is 0 Å². The van der Waals surface area contributed by atoms with Crippen molar-refractivity contribution in [1.82, 2.24) is 10.3 Å². The summed E-state index contributed by atoms with van der Waals surface area (Å²) >= 11 is 0. The predicted octanol–water partition coefficient (Wildman–Crippen LogP) is 1.05. The lowest BCUT2D eigenvalue weighted by Crippen LogP contribution is -2.47. The molecule has 1 unspecified atom stereocenters. The Morgan fingerprint density at radius 3 is 3.00 bits per heavy atom. The number of aliphatic hydroxyl groups is 1. The molecule has 0 bridgehead atoms. The summed E-state index contributed by atoms with van der Waals surface area (Å²) in [5.74, 6) is 0. The maximum atomic E-state index is 10.3. The average molecular weight is 206 g/mol. The minimum atomic E-state index is -0.574. The zero-order valence-electron chi connectivity index (χ0n) is 9.16. The number of aryl methyl sites for hydroxylation is 1. The third-order valence-electron chi connectivity index (χ3n) is 2.96. The summed E-state index contributed by atoms with van der Waals surface area (Å²) in [6.07, 6.45) is 4.50. The van der Waals surface area contributed by atoms with Crippen molar-refractivity contribution < 1.29 is 5.11 Å². The lowest BCUT2D eigenvalue weighted by molar-refractivity contribution is 0.0169. The fourth-order valence-electron chi connectivity index (χ4n) is 2.09. The number of hydrogen-bond donors (Lipinski definition) is 2. The molecule has 1 atom stereocenters. The molecule has 1 aromatic heterocycles. The molecule has 2 heterocycles. The van der Waals surface area contributed by atoms with Crippen molar-refractivity contribution >= 4 is 0 Å². The van der Waals surface area contributed by atoms with Crippen molar-refractivity contribution in [1.29, 1.82) is 0 Å². The maximum Gasteiger partial charge on any atom is 0.0812 e.